The minimum absolute atomic E-state index is 0.0149. The summed E-state index contributed by atoms with van der Waals surface area (Å²) in [6.07, 6.45) is 2.48. The van der Waals surface area contributed by atoms with Crippen molar-refractivity contribution in [2.75, 3.05) is 32.8 Å². The van der Waals surface area contributed by atoms with Crippen molar-refractivity contribution >= 4 is 12.0 Å². The molecule has 0 unspecified atom stereocenters. The lowest BCUT2D eigenvalue weighted by atomic mass is 10.1. The van der Waals surface area contributed by atoms with Crippen molar-refractivity contribution in [2.45, 2.75) is 37.9 Å². The van der Waals surface area contributed by atoms with E-state index in [2.05, 4.69) is 5.32 Å². The topological polar surface area (TPSA) is 93.9 Å². The molecule has 0 aliphatic carbocycles. The fourth-order valence-electron chi connectivity index (χ4n) is 2.63. The number of rotatable bonds is 4. The zero-order valence-corrected chi connectivity index (χ0v) is 11.7. The summed E-state index contributed by atoms with van der Waals surface area (Å²) in [5.74, 6) is 0.0149. The molecule has 0 atom stereocenters. The summed E-state index contributed by atoms with van der Waals surface area (Å²) < 4.78 is 10.6. The van der Waals surface area contributed by atoms with Gasteiger partial charge in [0, 0.05) is 25.9 Å². The molecule has 7 nitrogen and oxygen atoms in total. The Balaban J connectivity index is 1.65. The largest absolute Gasteiger partial charge is 0.446 e. The van der Waals surface area contributed by atoms with Crippen LogP contribution in [0.15, 0.2) is 0 Å². The van der Waals surface area contributed by atoms with E-state index in [9.17, 15) is 9.59 Å². The van der Waals surface area contributed by atoms with Crippen molar-refractivity contribution in [2.24, 2.45) is 5.73 Å². The van der Waals surface area contributed by atoms with Gasteiger partial charge in [-0.15, -0.1) is 0 Å². The molecule has 0 aromatic heterocycles. The van der Waals surface area contributed by atoms with E-state index in [-0.39, 0.29) is 24.7 Å². The lowest BCUT2D eigenvalue weighted by Crippen LogP contribution is -2.44. The van der Waals surface area contributed by atoms with Crippen LogP contribution >= 0.6 is 0 Å². The van der Waals surface area contributed by atoms with Gasteiger partial charge in [-0.25, -0.2) is 4.79 Å². The third-order valence-corrected chi connectivity index (χ3v) is 3.81. The van der Waals surface area contributed by atoms with Crippen molar-refractivity contribution < 1.29 is 19.1 Å². The number of piperidine rings is 2. The van der Waals surface area contributed by atoms with Gasteiger partial charge in [0.1, 0.15) is 12.7 Å². The van der Waals surface area contributed by atoms with Crippen LogP contribution in [0.2, 0.25) is 0 Å². The number of carbonyl (C=O) groups excluding carboxylic acids is 2. The number of nitrogens with zero attached hydrogens (tertiary/aromatic N) is 1. The molecule has 20 heavy (non-hydrogen) atoms. The Labute approximate surface area is 118 Å². The average molecular weight is 285 g/mol. The molecule has 2 aliphatic rings. The summed E-state index contributed by atoms with van der Waals surface area (Å²) >= 11 is 0. The summed E-state index contributed by atoms with van der Waals surface area (Å²) in [5, 5.41) is 3.26. The molecular formula is C13H23N3O4. The molecule has 2 rings (SSSR count). The van der Waals surface area contributed by atoms with E-state index >= 15 is 0 Å². The summed E-state index contributed by atoms with van der Waals surface area (Å²) in [4.78, 5) is 24.4. The Hall–Kier alpha value is -1.34. The number of carbonyl (C=O) groups is 2. The summed E-state index contributed by atoms with van der Waals surface area (Å²) in [5.41, 5.74) is 4.98. The van der Waals surface area contributed by atoms with E-state index in [1.54, 1.807) is 4.90 Å². The fraction of sp³-hybridized carbons (Fsp3) is 0.846. The predicted octanol–water partition coefficient (Wildman–Crippen LogP) is -0.159. The Bertz CT molecular complexity index is 337. The first-order chi connectivity index (χ1) is 9.65. The minimum atomic E-state index is -0.746. The third kappa shape index (κ3) is 4.64. The molecule has 2 fully saturated rings. The van der Waals surface area contributed by atoms with Gasteiger partial charge in [0.2, 0.25) is 5.91 Å². The van der Waals surface area contributed by atoms with Gasteiger partial charge < -0.3 is 25.4 Å². The van der Waals surface area contributed by atoms with Crippen LogP contribution in [0, 0.1) is 0 Å². The molecule has 0 aromatic carbocycles. The maximum atomic E-state index is 12.0. The first-order valence-corrected chi connectivity index (χ1v) is 7.21. The van der Waals surface area contributed by atoms with E-state index in [1.807, 2.05) is 0 Å². The molecule has 3 N–H and O–H groups in total. The fourth-order valence-corrected chi connectivity index (χ4v) is 2.63. The van der Waals surface area contributed by atoms with Crippen molar-refractivity contribution in [3.8, 4) is 0 Å². The molecule has 0 aromatic rings. The first-order valence-electron chi connectivity index (χ1n) is 7.21. The van der Waals surface area contributed by atoms with Gasteiger partial charge in [0.05, 0.1) is 6.10 Å². The highest BCUT2D eigenvalue weighted by molar-refractivity contribution is 5.77. The van der Waals surface area contributed by atoms with Gasteiger partial charge in [-0.2, -0.15) is 0 Å². The van der Waals surface area contributed by atoms with Crippen LogP contribution < -0.4 is 11.1 Å². The van der Waals surface area contributed by atoms with E-state index in [1.165, 1.54) is 0 Å². The van der Waals surface area contributed by atoms with Crippen LogP contribution in [-0.2, 0) is 14.3 Å². The Morgan fingerprint density at radius 2 is 1.75 bits per heavy atom. The number of amides is 2. The summed E-state index contributed by atoms with van der Waals surface area (Å²) in [7, 11) is 0. The van der Waals surface area contributed by atoms with Gasteiger partial charge in [-0.3, -0.25) is 4.79 Å². The second-order valence-corrected chi connectivity index (χ2v) is 5.28. The second kappa shape index (κ2) is 7.44. The summed E-state index contributed by atoms with van der Waals surface area (Å²) in [6, 6.07) is 0. The molecule has 2 aliphatic heterocycles. The molecule has 0 bridgehead atoms. The number of likely N-dealkylation sites (tertiary alicyclic amines) is 1. The molecule has 2 saturated heterocycles. The average Bonchev–Trinajstić information content (AvgIpc) is 2.46. The molecule has 0 spiro atoms. The van der Waals surface area contributed by atoms with E-state index in [0.717, 1.165) is 25.9 Å². The normalized spacial score (nSPS) is 21.7. The van der Waals surface area contributed by atoms with E-state index in [0.29, 0.717) is 25.9 Å². The predicted molar refractivity (Wildman–Crippen MR) is 72.1 cm³/mol. The Morgan fingerprint density at radius 3 is 2.35 bits per heavy atom. The highest BCUT2D eigenvalue weighted by atomic mass is 16.6. The zero-order valence-electron chi connectivity index (χ0n) is 11.7. The number of hydrogen-bond donors (Lipinski definition) is 2. The van der Waals surface area contributed by atoms with Gasteiger partial charge in [-0.05, 0) is 25.9 Å². The molecule has 0 radical (unpaired) electrons. The smallest absolute Gasteiger partial charge is 0.404 e. The third-order valence-electron chi connectivity index (χ3n) is 3.81. The second-order valence-electron chi connectivity index (χ2n) is 5.28. The minimum Gasteiger partial charge on any atom is -0.446 e. The molecule has 2 amide bonds. The standard InChI is InChI=1S/C13H23N3O4/c14-13(18)20-11-3-7-16(8-4-11)12(17)9-19-10-1-5-15-6-2-10/h10-11,15H,1-9H2,(H2,14,18). The first kappa shape index (κ1) is 15.1. The van der Waals surface area contributed by atoms with Crippen LogP contribution in [0.25, 0.3) is 0 Å². The quantitative estimate of drug-likeness (QED) is 0.748. The SMILES string of the molecule is NC(=O)OC1CCN(C(=O)COC2CCNCC2)CC1. The van der Waals surface area contributed by atoms with Gasteiger partial charge >= 0.3 is 6.09 Å². The number of hydrogen-bond acceptors (Lipinski definition) is 5. The van der Waals surface area contributed by atoms with E-state index < -0.39 is 6.09 Å². The number of primary amides is 1. The lowest BCUT2D eigenvalue weighted by molar-refractivity contribution is -0.140. The molecule has 2 heterocycles. The maximum absolute atomic E-state index is 12.0. The van der Waals surface area contributed by atoms with Crippen LogP contribution in [0.5, 0.6) is 0 Å². The maximum Gasteiger partial charge on any atom is 0.404 e. The monoisotopic (exact) mass is 285 g/mol. The van der Waals surface area contributed by atoms with Crippen molar-refractivity contribution in [3.05, 3.63) is 0 Å². The molecule has 7 heteroatoms. The summed E-state index contributed by atoms with van der Waals surface area (Å²) in [6.45, 7) is 3.23. The molecule has 0 saturated carbocycles. The molecular weight excluding hydrogens is 262 g/mol. The highest BCUT2D eigenvalue weighted by Crippen LogP contribution is 2.14. The van der Waals surface area contributed by atoms with Gasteiger partial charge in [-0.1, -0.05) is 0 Å². The van der Waals surface area contributed by atoms with Gasteiger partial charge in [0.15, 0.2) is 0 Å². The van der Waals surface area contributed by atoms with Crippen molar-refractivity contribution in [1.29, 1.82) is 0 Å². The number of ether oxygens (including phenoxy) is 2. The highest BCUT2D eigenvalue weighted by Gasteiger charge is 2.25. The zero-order chi connectivity index (χ0) is 14.4. The number of nitrogens with two attached hydrogens (primary N) is 1. The van der Waals surface area contributed by atoms with Crippen molar-refractivity contribution in [3.63, 3.8) is 0 Å². The van der Waals surface area contributed by atoms with Crippen LogP contribution in [0.4, 0.5) is 4.79 Å². The van der Waals surface area contributed by atoms with E-state index in [4.69, 9.17) is 15.2 Å². The Kier molecular flexibility index (Phi) is 5.60. The van der Waals surface area contributed by atoms with Crippen LogP contribution in [0.3, 0.4) is 0 Å². The lowest BCUT2D eigenvalue weighted by Gasteiger charge is -2.32. The van der Waals surface area contributed by atoms with Crippen LogP contribution in [0.1, 0.15) is 25.7 Å². The van der Waals surface area contributed by atoms with Gasteiger partial charge in [0.25, 0.3) is 0 Å². The molecule has 114 valence electrons. The Morgan fingerprint density at radius 1 is 1.10 bits per heavy atom. The van der Waals surface area contributed by atoms with Crippen molar-refractivity contribution in [1.82, 2.24) is 10.2 Å². The number of nitrogens with one attached hydrogen (secondary N) is 1. The van der Waals surface area contributed by atoms with Crippen LogP contribution in [-0.4, -0.2) is 61.9 Å².